The van der Waals surface area contributed by atoms with Gasteiger partial charge in [-0.05, 0) is 24.6 Å². The molecule has 1 N–H and O–H groups in total. The van der Waals surface area contributed by atoms with Crippen LogP contribution >= 0.6 is 11.6 Å². The highest BCUT2D eigenvalue weighted by atomic mass is 35.5. The Hall–Kier alpha value is -0.930. The van der Waals surface area contributed by atoms with Crippen LogP contribution in [0.15, 0.2) is 18.2 Å². The molecule has 1 aromatic carbocycles. The first-order chi connectivity index (χ1) is 9.04. The van der Waals surface area contributed by atoms with Crippen molar-refractivity contribution in [2.45, 2.75) is 32.4 Å². The van der Waals surface area contributed by atoms with Crippen LogP contribution in [0, 0.1) is 11.3 Å². The lowest BCUT2D eigenvalue weighted by molar-refractivity contribution is -0.0923. The molecule has 3 atom stereocenters. The van der Waals surface area contributed by atoms with Crippen molar-refractivity contribution < 1.29 is 9.47 Å². The van der Waals surface area contributed by atoms with Gasteiger partial charge in [0.15, 0.2) is 0 Å². The molecule has 0 bridgehead atoms. The number of hydrogen-bond donors (Lipinski definition) is 1. The molecule has 0 radical (unpaired) electrons. The van der Waals surface area contributed by atoms with Crippen LogP contribution in [0.1, 0.15) is 20.3 Å². The van der Waals surface area contributed by atoms with Crippen LogP contribution in [0.4, 0.5) is 5.69 Å². The van der Waals surface area contributed by atoms with Crippen molar-refractivity contribution >= 4 is 17.3 Å². The highest BCUT2D eigenvalue weighted by molar-refractivity contribution is 6.32. The lowest BCUT2D eigenvalue weighted by Gasteiger charge is -2.55. The van der Waals surface area contributed by atoms with Crippen LogP contribution in [0.5, 0.6) is 5.75 Å². The summed E-state index contributed by atoms with van der Waals surface area (Å²) in [6.45, 7) is 5.42. The van der Waals surface area contributed by atoms with E-state index in [-0.39, 0.29) is 5.41 Å². The highest BCUT2D eigenvalue weighted by Crippen LogP contribution is 2.53. The molecule has 3 nitrogen and oxygen atoms in total. The Balaban J connectivity index is 1.76. The molecule has 1 saturated carbocycles. The average Bonchev–Trinajstić information content (AvgIpc) is 2.83. The van der Waals surface area contributed by atoms with E-state index in [2.05, 4.69) is 19.2 Å². The van der Waals surface area contributed by atoms with E-state index >= 15 is 0 Å². The van der Waals surface area contributed by atoms with Gasteiger partial charge < -0.3 is 14.8 Å². The summed E-state index contributed by atoms with van der Waals surface area (Å²) in [6.07, 6.45) is 1.55. The van der Waals surface area contributed by atoms with Crippen LogP contribution in [-0.2, 0) is 4.74 Å². The summed E-state index contributed by atoms with van der Waals surface area (Å²) in [6, 6.07) is 6.30. The summed E-state index contributed by atoms with van der Waals surface area (Å²) in [4.78, 5) is 0. The van der Waals surface area contributed by atoms with E-state index in [1.54, 1.807) is 7.11 Å². The summed E-state index contributed by atoms with van der Waals surface area (Å²) < 4.78 is 11.0. The monoisotopic (exact) mass is 281 g/mol. The number of ether oxygens (including phenoxy) is 2. The zero-order valence-corrected chi connectivity index (χ0v) is 12.3. The zero-order chi connectivity index (χ0) is 13.6. The molecule has 19 heavy (non-hydrogen) atoms. The molecule has 1 aliphatic heterocycles. The van der Waals surface area contributed by atoms with Gasteiger partial charge in [0.05, 0.1) is 18.2 Å². The fourth-order valence-electron chi connectivity index (χ4n) is 3.55. The van der Waals surface area contributed by atoms with Crippen LogP contribution < -0.4 is 10.1 Å². The smallest absolute Gasteiger partial charge is 0.137 e. The van der Waals surface area contributed by atoms with Gasteiger partial charge in [-0.15, -0.1) is 0 Å². The molecule has 0 aromatic heterocycles. The van der Waals surface area contributed by atoms with E-state index in [1.165, 1.54) is 0 Å². The Morgan fingerprint density at radius 1 is 1.42 bits per heavy atom. The van der Waals surface area contributed by atoms with Gasteiger partial charge in [0, 0.05) is 29.7 Å². The predicted molar refractivity (Wildman–Crippen MR) is 77.0 cm³/mol. The highest BCUT2D eigenvalue weighted by Gasteiger charge is 2.59. The van der Waals surface area contributed by atoms with Gasteiger partial charge in [-0.2, -0.15) is 0 Å². The SMILES string of the molecule is COc1ccc(NC2C3CCOC3C2(C)C)cc1Cl. The number of halogens is 1. The lowest BCUT2D eigenvalue weighted by atomic mass is 9.57. The molecule has 1 aliphatic carbocycles. The van der Waals surface area contributed by atoms with Gasteiger partial charge >= 0.3 is 0 Å². The van der Waals surface area contributed by atoms with Crippen molar-refractivity contribution in [3.8, 4) is 5.75 Å². The van der Waals surface area contributed by atoms with Gasteiger partial charge in [0.2, 0.25) is 0 Å². The fourth-order valence-corrected chi connectivity index (χ4v) is 3.81. The minimum Gasteiger partial charge on any atom is -0.495 e. The molecule has 0 spiro atoms. The Morgan fingerprint density at radius 2 is 2.21 bits per heavy atom. The van der Waals surface area contributed by atoms with Crippen molar-refractivity contribution in [2.24, 2.45) is 11.3 Å². The number of fused-ring (bicyclic) bond motifs is 1. The predicted octanol–water partition coefficient (Wildman–Crippen LogP) is 3.57. The molecular formula is C15H20ClNO2. The van der Waals surface area contributed by atoms with E-state index < -0.39 is 0 Å². The molecule has 2 aliphatic rings. The van der Waals surface area contributed by atoms with Crippen LogP contribution in [0.2, 0.25) is 5.02 Å². The molecule has 4 heteroatoms. The minimum absolute atomic E-state index is 0.174. The second kappa shape index (κ2) is 4.57. The first kappa shape index (κ1) is 13.1. The van der Waals surface area contributed by atoms with Crippen molar-refractivity contribution in [1.29, 1.82) is 0 Å². The van der Waals surface area contributed by atoms with E-state index in [9.17, 15) is 0 Å². The summed E-state index contributed by atoms with van der Waals surface area (Å²) in [5.41, 5.74) is 1.22. The van der Waals surface area contributed by atoms with Crippen molar-refractivity contribution in [2.75, 3.05) is 19.0 Å². The maximum atomic E-state index is 6.17. The summed E-state index contributed by atoms with van der Waals surface area (Å²) in [7, 11) is 1.63. The summed E-state index contributed by atoms with van der Waals surface area (Å²) in [5.74, 6) is 1.33. The molecule has 104 valence electrons. The van der Waals surface area contributed by atoms with Gasteiger partial charge in [0.1, 0.15) is 5.75 Å². The van der Waals surface area contributed by atoms with Gasteiger partial charge in [0.25, 0.3) is 0 Å². The molecule has 1 heterocycles. The average molecular weight is 282 g/mol. The first-order valence-electron chi connectivity index (χ1n) is 6.75. The zero-order valence-electron chi connectivity index (χ0n) is 11.6. The number of nitrogens with one attached hydrogen (secondary N) is 1. The molecule has 3 rings (SSSR count). The Kier molecular flexibility index (Phi) is 3.14. The van der Waals surface area contributed by atoms with Crippen LogP contribution in [-0.4, -0.2) is 25.9 Å². The van der Waals surface area contributed by atoms with E-state index in [0.717, 1.165) is 18.7 Å². The Morgan fingerprint density at radius 3 is 2.89 bits per heavy atom. The lowest BCUT2D eigenvalue weighted by Crippen LogP contribution is -2.63. The topological polar surface area (TPSA) is 30.5 Å². The molecule has 1 aromatic rings. The summed E-state index contributed by atoms with van der Waals surface area (Å²) >= 11 is 6.17. The second-order valence-electron chi connectivity index (χ2n) is 6.04. The maximum Gasteiger partial charge on any atom is 0.137 e. The standard InChI is InChI=1S/C15H20ClNO2/c1-15(2)13(10-6-7-19-14(10)15)17-9-4-5-12(18-3)11(16)8-9/h4-5,8,10,13-14,17H,6-7H2,1-3H3. The number of rotatable bonds is 3. The maximum absolute atomic E-state index is 6.17. The van der Waals surface area contributed by atoms with E-state index in [4.69, 9.17) is 21.1 Å². The largest absolute Gasteiger partial charge is 0.495 e. The number of anilines is 1. The normalized spacial score (nSPS) is 31.5. The second-order valence-corrected chi connectivity index (χ2v) is 6.44. The molecule has 2 fully saturated rings. The quantitative estimate of drug-likeness (QED) is 0.919. The van der Waals surface area contributed by atoms with Crippen molar-refractivity contribution in [3.63, 3.8) is 0 Å². The summed E-state index contributed by atoms with van der Waals surface area (Å²) in [5, 5.41) is 4.25. The first-order valence-corrected chi connectivity index (χ1v) is 7.13. The van der Waals surface area contributed by atoms with Gasteiger partial charge in [-0.3, -0.25) is 0 Å². The third kappa shape index (κ3) is 2.00. The van der Waals surface area contributed by atoms with Crippen LogP contribution in [0.3, 0.4) is 0 Å². The molecular weight excluding hydrogens is 262 g/mol. The van der Waals surface area contributed by atoms with E-state index in [0.29, 0.717) is 28.8 Å². The Labute approximate surface area is 119 Å². The third-order valence-corrected chi connectivity index (χ3v) is 4.87. The van der Waals surface area contributed by atoms with Crippen LogP contribution in [0.25, 0.3) is 0 Å². The third-order valence-electron chi connectivity index (χ3n) is 4.57. The number of methoxy groups -OCH3 is 1. The van der Waals surface area contributed by atoms with Crippen molar-refractivity contribution in [3.05, 3.63) is 23.2 Å². The molecule has 1 saturated heterocycles. The van der Waals surface area contributed by atoms with Crippen molar-refractivity contribution in [1.82, 2.24) is 0 Å². The minimum atomic E-state index is 0.174. The fraction of sp³-hybridized carbons (Fsp3) is 0.600. The van der Waals surface area contributed by atoms with E-state index in [1.807, 2.05) is 18.2 Å². The molecule has 3 unspecified atom stereocenters. The Bertz CT molecular complexity index is 489. The molecule has 0 amide bonds. The van der Waals surface area contributed by atoms with Gasteiger partial charge in [-0.25, -0.2) is 0 Å². The number of hydrogen-bond acceptors (Lipinski definition) is 3. The number of benzene rings is 1. The van der Waals surface area contributed by atoms with Gasteiger partial charge in [-0.1, -0.05) is 25.4 Å².